The highest BCUT2D eigenvalue weighted by Gasteiger charge is 2.32. The molecule has 0 bridgehead atoms. The zero-order chi connectivity index (χ0) is 17.4. The molecule has 0 radical (unpaired) electrons. The number of carbonyl (C=O) groups is 1. The van der Waals surface area contributed by atoms with Gasteiger partial charge in [-0.05, 0) is 35.9 Å². The molecule has 0 amide bonds. The minimum atomic E-state index is -0.331. The fourth-order valence-electron chi connectivity index (χ4n) is 2.69. The van der Waals surface area contributed by atoms with E-state index in [1.165, 1.54) is 35.6 Å². The lowest BCUT2D eigenvalue weighted by molar-refractivity contribution is -0.149. The Morgan fingerprint density at radius 1 is 1.16 bits per heavy atom. The van der Waals surface area contributed by atoms with Gasteiger partial charge in [-0.15, -0.1) is 0 Å². The van der Waals surface area contributed by atoms with Crippen LogP contribution in [-0.4, -0.2) is 30.1 Å². The monoisotopic (exact) mass is 360 g/mol. The predicted octanol–water partition coefficient (Wildman–Crippen LogP) is 3.55. The average molecular weight is 360 g/mol. The third-order valence-electron chi connectivity index (χ3n) is 4.02. The Labute approximate surface area is 146 Å². The Bertz CT molecular complexity index is 920. The maximum atomic E-state index is 13.2. The third kappa shape index (κ3) is 3.46. The molecule has 0 unspecified atom stereocenters. The highest BCUT2D eigenvalue weighted by Crippen LogP contribution is 2.32. The minimum absolute atomic E-state index is 0.122. The molecule has 2 heterocycles. The van der Waals surface area contributed by atoms with Gasteiger partial charge in [-0.25, -0.2) is 13.8 Å². The van der Waals surface area contributed by atoms with E-state index in [0.717, 1.165) is 20.9 Å². The number of benzene rings is 2. The average Bonchev–Trinajstić information content (AvgIpc) is 2.95. The molecule has 0 atom stereocenters. The molecule has 0 spiro atoms. The molecule has 1 saturated heterocycles. The summed E-state index contributed by atoms with van der Waals surface area (Å²) in [4.78, 5) is 18.4. The van der Waals surface area contributed by atoms with E-state index in [1.807, 2.05) is 4.90 Å². The summed E-state index contributed by atoms with van der Waals surface area (Å²) in [5, 5.41) is 0.798. The number of rotatable bonds is 4. The Kier molecular flexibility index (Phi) is 4.09. The number of anilines is 1. The molecule has 2 aromatic carbocycles. The molecule has 0 saturated carbocycles. The van der Waals surface area contributed by atoms with E-state index >= 15 is 0 Å². The Morgan fingerprint density at radius 2 is 1.88 bits per heavy atom. The number of aromatic nitrogens is 1. The number of ether oxygens (including phenoxy) is 1. The molecule has 25 heavy (non-hydrogen) atoms. The van der Waals surface area contributed by atoms with Crippen LogP contribution in [0.2, 0.25) is 0 Å². The number of fused-ring (bicyclic) bond motifs is 1. The topological polar surface area (TPSA) is 42.4 Å². The molecule has 0 N–H and O–H groups in total. The van der Waals surface area contributed by atoms with E-state index in [4.69, 9.17) is 4.74 Å². The van der Waals surface area contributed by atoms with E-state index in [-0.39, 0.29) is 30.1 Å². The van der Waals surface area contributed by atoms with Crippen LogP contribution in [0.25, 0.3) is 10.2 Å². The van der Waals surface area contributed by atoms with Crippen molar-refractivity contribution in [3.05, 3.63) is 59.7 Å². The zero-order valence-corrected chi connectivity index (χ0v) is 13.9. The van der Waals surface area contributed by atoms with Crippen molar-refractivity contribution in [1.82, 2.24) is 4.98 Å². The number of hydrogen-bond donors (Lipinski definition) is 0. The van der Waals surface area contributed by atoms with Crippen LogP contribution < -0.4 is 4.90 Å². The molecule has 3 aromatic rings. The van der Waals surface area contributed by atoms with Gasteiger partial charge in [-0.1, -0.05) is 23.5 Å². The highest BCUT2D eigenvalue weighted by molar-refractivity contribution is 7.22. The van der Waals surface area contributed by atoms with Crippen LogP contribution in [-0.2, 0) is 16.0 Å². The van der Waals surface area contributed by atoms with Crippen molar-refractivity contribution in [2.24, 2.45) is 0 Å². The number of esters is 1. The van der Waals surface area contributed by atoms with Crippen molar-refractivity contribution in [3.8, 4) is 0 Å². The van der Waals surface area contributed by atoms with Crippen LogP contribution in [0.1, 0.15) is 5.56 Å². The van der Waals surface area contributed by atoms with Crippen molar-refractivity contribution in [2.75, 3.05) is 18.0 Å². The SMILES string of the molecule is O=C(Cc1ccc(F)cc1)OC1CN(c2nc3ccc(F)cc3s2)C1. The first kappa shape index (κ1) is 16.0. The van der Waals surface area contributed by atoms with Gasteiger partial charge in [0.05, 0.1) is 29.7 Å². The van der Waals surface area contributed by atoms with Crippen LogP contribution in [0, 0.1) is 11.6 Å². The molecule has 1 aliphatic heterocycles. The van der Waals surface area contributed by atoms with Gasteiger partial charge >= 0.3 is 5.97 Å². The van der Waals surface area contributed by atoms with E-state index in [1.54, 1.807) is 18.2 Å². The van der Waals surface area contributed by atoms with Gasteiger partial charge in [-0.3, -0.25) is 4.79 Å². The second-order valence-electron chi connectivity index (χ2n) is 5.93. The molecule has 128 valence electrons. The minimum Gasteiger partial charge on any atom is -0.458 e. The number of hydrogen-bond acceptors (Lipinski definition) is 5. The van der Waals surface area contributed by atoms with Crippen molar-refractivity contribution < 1.29 is 18.3 Å². The second kappa shape index (κ2) is 6.40. The van der Waals surface area contributed by atoms with Crippen molar-refractivity contribution in [2.45, 2.75) is 12.5 Å². The van der Waals surface area contributed by atoms with E-state index in [2.05, 4.69) is 4.98 Å². The Hall–Kier alpha value is -2.54. The summed E-state index contributed by atoms with van der Waals surface area (Å²) in [6, 6.07) is 10.3. The maximum Gasteiger partial charge on any atom is 0.310 e. The quantitative estimate of drug-likeness (QED) is 0.668. The summed E-state index contributed by atoms with van der Waals surface area (Å²) in [5.74, 6) is -0.941. The molecule has 7 heteroatoms. The summed E-state index contributed by atoms with van der Waals surface area (Å²) in [6.45, 7) is 1.13. The van der Waals surface area contributed by atoms with Gasteiger partial charge in [0, 0.05) is 0 Å². The van der Waals surface area contributed by atoms with Crippen LogP contribution in [0.5, 0.6) is 0 Å². The van der Waals surface area contributed by atoms with Gasteiger partial charge < -0.3 is 9.64 Å². The maximum absolute atomic E-state index is 13.2. The van der Waals surface area contributed by atoms with Gasteiger partial charge in [0.1, 0.15) is 17.7 Å². The molecule has 4 nitrogen and oxygen atoms in total. The lowest BCUT2D eigenvalue weighted by atomic mass is 10.1. The number of halogens is 2. The number of carbonyl (C=O) groups excluding carboxylic acids is 1. The largest absolute Gasteiger partial charge is 0.458 e. The number of nitrogens with zero attached hydrogens (tertiary/aromatic N) is 2. The van der Waals surface area contributed by atoms with Crippen LogP contribution in [0.3, 0.4) is 0 Å². The van der Waals surface area contributed by atoms with E-state index in [0.29, 0.717) is 13.1 Å². The van der Waals surface area contributed by atoms with Crippen LogP contribution >= 0.6 is 11.3 Å². The second-order valence-corrected chi connectivity index (χ2v) is 6.94. The van der Waals surface area contributed by atoms with Crippen molar-refractivity contribution in [3.63, 3.8) is 0 Å². The standard InChI is InChI=1S/C18H14F2N2O2S/c19-12-3-1-11(2-4-12)7-17(23)24-14-9-22(10-14)18-21-15-6-5-13(20)8-16(15)25-18/h1-6,8,14H,7,9-10H2. The van der Waals surface area contributed by atoms with Gasteiger partial charge in [0.2, 0.25) is 0 Å². The van der Waals surface area contributed by atoms with Gasteiger partial charge in [0.15, 0.2) is 5.13 Å². The molecule has 1 aliphatic rings. The lowest BCUT2D eigenvalue weighted by Crippen LogP contribution is -2.53. The highest BCUT2D eigenvalue weighted by atomic mass is 32.1. The first-order valence-corrected chi connectivity index (χ1v) is 8.63. The molecular weight excluding hydrogens is 346 g/mol. The molecule has 4 rings (SSSR count). The van der Waals surface area contributed by atoms with Gasteiger partial charge in [0.25, 0.3) is 0 Å². The molecular formula is C18H14F2N2O2S. The zero-order valence-electron chi connectivity index (χ0n) is 13.1. The summed E-state index contributed by atoms with van der Waals surface area (Å²) in [7, 11) is 0. The smallest absolute Gasteiger partial charge is 0.310 e. The summed E-state index contributed by atoms with van der Waals surface area (Å²) in [5.41, 5.74) is 1.48. The number of thiazole rings is 1. The van der Waals surface area contributed by atoms with Crippen LogP contribution in [0.4, 0.5) is 13.9 Å². The first-order chi connectivity index (χ1) is 12.1. The predicted molar refractivity (Wildman–Crippen MR) is 91.8 cm³/mol. The molecule has 0 aliphatic carbocycles. The summed E-state index contributed by atoms with van der Waals surface area (Å²) in [6.07, 6.45) is -0.0614. The van der Waals surface area contributed by atoms with Crippen molar-refractivity contribution in [1.29, 1.82) is 0 Å². The third-order valence-corrected chi connectivity index (χ3v) is 5.10. The summed E-state index contributed by atoms with van der Waals surface area (Å²) < 4.78 is 32.3. The van der Waals surface area contributed by atoms with Gasteiger partial charge in [-0.2, -0.15) is 0 Å². The normalized spacial score (nSPS) is 14.6. The fraction of sp³-hybridized carbons (Fsp3) is 0.222. The van der Waals surface area contributed by atoms with E-state index in [9.17, 15) is 13.6 Å². The summed E-state index contributed by atoms with van der Waals surface area (Å²) >= 11 is 1.42. The Balaban J connectivity index is 1.32. The lowest BCUT2D eigenvalue weighted by Gasteiger charge is -2.38. The van der Waals surface area contributed by atoms with E-state index < -0.39 is 0 Å². The molecule has 1 fully saturated rings. The van der Waals surface area contributed by atoms with Crippen molar-refractivity contribution >= 4 is 32.7 Å². The Morgan fingerprint density at radius 3 is 2.64 bits per heavy atom. The fourth-order valence-corrected chi connectivity index (χ4v) is 3.70. The first-order valence-electron chi connectivity index (χ1n) is 7.82. The molecule has 1 aromatic heterocycles. The van der Waals surface area contributed by atoms with Crippen LogP contribution in [0.15, 0.2) is 42.5 Å².